The lowest BCUT2D eigenvalue weighted by atomic mass is 10.1. The van der Waals surface area contributed by atoms with Crippen LogP contribution in [0.4, 0.5) is 10.1 Å². The van der Waals surface area contributed by atoms with Gasteiger partial charge in [-0.15, -0.1) is 0 Å². The number of amides is 1. The first-order chi connectivity index (χ1) is 10.9. The van der Waals surface area contributed by atoms with Gasteiger partial charge in [-0.3, -0.25) is 9.59 Å². The zero-order chi connectivity index (χ0) is 17.0. The summed E-state index contributed by atoms with van der Waals surface area (Å²) in [5.41, 5.74) is 1.53. The monoisotopic (exact) mass is 335 g/mol. The number of halogens is 2. The summed E-state index contributed by atoms with van der Waals surface area (Å²) in [6.07, 6.45) is 0. The minimum Gasteiger partial charge on any atom is -0.483 e. The van der Waals surface area contributed by atoms with Gasteiger partial charge in [0.05, 0.1) is 16.3 Å². The van der Waals surface area contributed by atoms with Gasteiger partial charge in [-0.25, -0.2) is 4.39 Å². The van der Waals surface area contributed by atoms with Crippen molar-refractivity contribution >= 4 is 29.0 Å². The van der Waals surface area contributed by atoms with E-state index in [-0.39, 0.29) is 23.7 Å². The Hall–Kier alpha value is -2.40. The minimum absolute atomic E-state index is 0.0890. The van der Waals surface area contributed by atoms with Gasteiger partial charge in [0, 0.05) is 0 Å². The highest BCUT2D eigenvalue weighted by molar-refractivity contribution is 6.33. The summed E-state index contributed by atoms with van der Waals surface area (Å²) in [6.45, 7) is 2.86. The fourth-order valence-corrected chi connectivity index (χ4v) is 2.24. The van der Waals surface area contributed by atoms with Crippen LogP contribution in [0.25, 0.3) is 0 Å². The third-order valence-electron chi connectivity index (χ3n) is 3.08. The van der Waals surface area contributed by atoms with E-state index >= 15 is 0 Å². The molecule has 1 amide bonds. The number of ketones is 1. The molecule has 23 heavy (non-hydrogen) atoms. The van der Waals surface area contributed by atoms with Gasteiger partial charge < -0.3 is 10.1 Å². The van der Waals surface area contributed by atoms with Gasteiger partial charge in [0.25, 0.3) is 5.91 Å². The van der Waals surface area contributed by atoms with Crippen molar-refractivity contribution in [1.82, 2.24) is 0 Å². The van der Waals surface area contributed by atoms with E-state index in [0.29, 0.717) is 10.7 Å². The first-order valence-corrected chi connectivity index (χ1v) is 7.24. The van der Waals surface area contributed by atoms with E-state index < -0.39 is 11.7 Å². The maximum absolute atomic E-state index is 13.2. The SMILES string of the molecule is CC(=O)c1cc(F)ccc1OCC(=O)Nc1ccc(C)cc1Cl. The largest absolute Gasteiger partial charge is 0.483 e. The predicted octanol–water partition coefficient (Wildman–Crippen LogP) is 4.01. The fourth-order valence-electron chi connectivity index (χ4n) is 1.95. The van der Waals surface area contributed by atoms with Gasteiger partial charge >= 0.3 is 0 Å². The van der Waals surface area contributed by atoms with E-state index in [2.05, 4.69) is 5.32 Å². The number of Topliss-reactive ketones (excluding diaryl/α,β-unsaturated/α-hetero) is 1. The third kappa shape index (κ3) is 4.53. The van der Waals surface area contributed by atoms with Crippen molar-refractivity contribution in [1.29, 1.82) is 0 Å². The van der Waals surface area contributed by atoms with E-state index in [1.165, 1.54) is 13.0 Å². The van der Waals surface area contributed by atoms with Gasteiger partial charge in [0.1, 0.15) is 11.6 Å². The molecule has 1 N–H and O–H groups in total. The van der Waals surface area contributed by atoms with Crippen molar-refractivity contribution in [3.63, 3.8) is 0 Å². The van der Waals surface area contributed by atoms with Crippen molar-refractivity contribution in [2.45, 2.75) is 13.8 Å². The molecule has 0 saturated carbocycles. The molecule has 0 aliphatic carbocycles. The molecule has 0 atom stereocenters. The summed E-state index contributed by atoms with van der Waals surface area (Å²) in [6, 6.07) is 8.79. The Morgan fingerprint density at radius 2 is 1.96 bits per heavy atom. The molecule has 2 aromatic rings. The highest BCUT2D eigenvalue weighted by Gasteiger charge is 2.12. The number of carbonyl (C=O) groups is 2. The summed E-state index contributed by atoms with van der Waals surface area (Å²) in [5, 5.41) is 3.03. The summed E-state index contributed by atoms with van der Waals surface area (Å²) in [5.74, 6) is -1.17. The number of aryl methyl sites for hydroxylation is 1. The highest BCUT2D eigenvalue weighted by atomic mass is 35.5. The zero-order valence-electron chi connectivity index (χ0n) is 12.7. The van der Waals surface area contributed by atoms with Crippen molar-refractivity contribution in [3.05, 3.63) is 58.4 Å². The van der Waals surface area contributed by atoms with Gasteiger partial charge in [-0.1, -0.05) is 17.7 Å². The molecule has 0 saturated heterocycles. The molecule has 6 heteroatoms. The molecule has 0 aliphatic heterocycles. The average Bonchev–Trinajstić information content (AvgIpc) is 2.48. The van der Waals surface area contributed by atoms with E-state index in [9.17, 15) is 14.0 Å². The quantitative estimate of drug-likeness (QED) is 0.840. The Labute approximate surface area is 138 Å². The number of nitrogens with one attached hydrogen (secondary N) is 1. The van der Waals surface area contributed by atoms with Crippen molar-refractivity contribution in [2.24, 2.45) is 0 Å². The number of rotatable bonds is 5. The summed E-state index contributed by atoms with van der Waals surface area (Å²) in [4.78, 5) is 23.4. The third-order valence-corrected chi connectivity index (χ3v) is 3.39. The van der Waals surface area contributed by atoms with Crippen LogP contribution < -0.4 is 10.1 Å². The molecule has 120 valence electrons. The lowest BCUT2D eigenvalue weighted by Crippen LogP contribution is -2.21. The van der Waals surface area contributed by atoms with Crippen molar-refractivity contribution in [3.8, 4) is 5.75 Å². The lowest BCUT2D eigenvalue weighted by Gasteiger charge is -2.11. The zero-order valence-corrected chi connectivity index (χ0v) is 13.4. The molecule has 0 aromatic heterocycles. The average molecular weight is 336 g/mol. The molecule has 0 unspecified atom stereocenters. The first-order valence-electron chi connectivity index (χ1n) is 6.86. The first kappa shape index (κ1) is 17.0. The second kappa shape index (κ2) is 7.24. The molecule has 0 spiro atoms. The Bertz CT molecular complexity index is 761. The van der Waals surface area contributed by atoms with E-state index in [0.717, 1.165) is 17.7 Å². The standard InChI is InChI=1S/C17H15ClFNO3/c1-10-3-5-15(14(18)7-10)20-17(22)9-23-16-6-4-12(19)8-13(16)11(2)21/h3-8H,9H2,1-2H3,(H,20,22). The number of carbonyl (C=O) groups excluding carboxylic acids is 2. The molecule has 0 aliphatic rings. The van der Waals surface area contributed by atoms with Crippen molar-refractivity contribution < 1.29 is 18.7 Å². The number of hydrogen-bond acceptors (Lipinski definition) is 3. The van der Waals surface area contributed by atoms with Gasteiger partial charge in [-0.05, 0) is 49.7 Å². The van der Waals surface area contributed by atoms with Crippen LogP contribution >= 0.6 is 11.6 Å². The van der Waals surface area contributed by atoms with Gasteiger partial charge in [0.2, 0.25) is 0 Å². The summed E-state index contributed by atoms with van der Waals surface area (Å²) in [7, 11) is 0. The van der Waals surface area contributed by atoms with Crippen LogP contribution in [0.15, 0.2) is 36.4 Å². The van der Waals surface area contributed by atoms with E-state index in [1.54, 1.807) is 12.1 Å². The second-order valence-corrected chi connectivity index (χ2v) is 5.42. The lowest BCUT2D eigenvalue weighted by molar-refractivity contribution is -0.118. The Morgan fingerprint density at radius 3 is 2.61 bits per heavy atom. The van der Waals surface area contributed by atoms with Crippen LogP contribution in [0.5, 0.6) is 5.75 Å². The molecule has 0 fully saturated rings. The summed E-state index contributed by atoms with van der Waals surface area (Å²) < 4.78 is 18.5. The molecule has 0 bridgehead atoms. The highest BCUT2D eigenvalue weighted by Crippen LogP contribution is 2.23. The van der Waals surface area contributed by atoms with Gasteiger partial charge in [0.15, 0.2) is 12.4 Å². The smallest absolute Gasteiger partial charge is 0.262 e. The maximum Gasteiger partial charge on any atom is 0.262 e. The molecule has 4 nitrogen and oxygen atoms in total. The number of ether oxygens (including phenoxy) is 1. The Kier molecular flexibility index (Phi) is 5.34. The van der Waals surface area contributed by atoms with Crippen LogP contribution in [0.3, 0.4) is 0 Å². The van der Waals surface area contributed by atoms with Crippen LogP contribution in [0, 0.1) is 12.7 Å². The molecule has 0 heterocycles. The van der Waals surface area contributed by atoms with Crippen molar-refractivity contribution in [2.75, 3.05) is 11.9 Å². The number of benzene rings is 2. The maximum atomic E-state index is 13.2. The topological polar surface area (TPSA) is 55.4 Å². The number of hydrogen-bond donors (Lipinski definition) is 1. The molecular formula is C17H15ClFNO3. The second-order valence-electron chi connectivity index (χ2n) is 5.02. The van der Waals surface area contributed by atoms with E-state index in [1.807, 2.05) is 13.0 Å². The fraction of sp³-hybridized carbons (Fsp3) is 0.176. The molecular weight excluding hydrogens is 321 g/mol. The van der Waals surface area contributed by atoms with Crippen LogP contribution in [0.1, 0.15) is 22.8 Å². The van der Waals surface area contributed by atoms with Crippen LogP contribution in [0.2, 0.25) is 5.02 Å². The molecule has 2 aromatic carbocycles. The molecule has 2 rings (SSSR count). The number of anilines is 1. The van der Waals surface area contributed by atoms with Crippen LogP contribution in [-0.4, -0.2) is 18.3 Å². The minimum atomic E-state index is -0.543. The Balaban J connectivity index is 2.03. The predicted molar refractivity (Wildman–Crippen MR) is 86.7 cm³/mol. The van der Waals surface area contributed by atoms with E-state index in [4.69, 9.17) is 16.3 Å². The van der Waals surface area contributed by atoms with Gasteiger partial charge in [-0.2, -0.15) is 0 Å². The normalized spacial score (nSPS) is 10.3. The van der Waals surface area contributed by atoms with Crippen LogP contribution in [-0.2, 0) is 4.79 Å². The Morgan fingerprint density at radius 1 is 1.22 bits per heavy atom. The molecule has 0 radical (unpaired) electrons. The summed E-state index contributed by atoms with van der Waals surface area (Å²) >= 11 is 6.03.